The summed E-state index contributed by atoms with van der Waals surface area (Å²) in [4.78, 5) is 10.7. The third kappa shape index (κ3) is 19.8. The van der Waals surface area contributed by atoms with Crippen molar-refractivity contribution >= 4 is 25.0 Å². The van der Waals surface area contributed by atoms with Gasteiger partial charge in [0, 0.05) is 0 Å². The second-order valence-electron chi connectivity index (χ2n) is 2.41. The molecular formula is C6H13BF4NO2S-. The van der Waals surface area contributed by atoms with E-state index in [1.807, 2.05) is 6.26 Å². The number of carbonyl (C=O) groups is 1. The molecule has 0 saturated heterocycles. The molecule has 0 rings (SSSR count). The molecule has 0 heterocycles. The topological polar surface area (TPSA) is 52.3 Å². The Labute approximate surface area is 89.8 Å². The van der Waals surface area contributed by atoms with Crippen molar-refractivity contribution in [2.45, 2.75) is 12.5 Å². The minimum Gasteiger partial charge on any atom is -0.468 e. The van der Waals surface area contributed by atoms with E-state index in [0.29, 0.717) is 6.42 Å². The number of ether oxygens (including phenoxy) is 1. The molecule has 0 aliphatic carbocycles. The molecule has 0 aromatic heterocycles. The van der Waals surface area contributed by atoms with Crippen LogP contribution in [-0.2, 0) is 9.53 Å². The van der Waals surface area contributed by atoms with Crippen LogP contribution in [0.5, 0.6) is 0 Å². The lowest BCUT2D eigenvalue weighted by atomic mass is 10.2. The van der Waals surface area contributed by atoms with Crippen LogP contribution in [0.3, 0.4) is 0 Å². The molecule has 0 fully saturated rings. The number of carbonyl (C=O) groups excluding carboxylic acids is 1. The molecule has 15 heavy (non-hydrogen) atoms. The molecular weight excluding hydrogens is 237 g/mol. The zero-order valence-electron chi connectivity index (χ0n) is 8.38. The number of thioether (sulfide) groups is 1. The highest BCUT2D eigenvalue weighted by Gasteiger charge is 2.20. The van der Waals surface area contributed by atoms with Gasteiger partial charge in [-0.05, 0) is 18.4 Å². The van der Waals surface area contributed by atoms with Gasteiger partial charge in [-0.3, -0.25) is 4.79 Å². The van der Waals surface area contributed by atoms with E-state index < -0.39 is 13.3 Å². The fourth-order valence-corrected chi connectivity index (χ4v) is 1.00. The predicted molar refractivity (Wildman–Crippen MR) is 53.2 cm³/mol. The number of hydrogen-bond donors (Lipinski definition) is 1. The van der Waals surface area contributed by atoms with E-state index in [-0.39, 0.29) is 5.97 Å². The molecule has 0 aromatic rings. The molecule has 0 bridgehead atoms. The quantitative estimate of drug-likeness (QED) is 0.467. The lowest BCUT2D eigenvalue weighted by molar-refractivity contribution is -0.142. The van der Waals surface area contributed by atoms with E-state index in [9.17, 15) is 22.1 Å². The fraction of sp³-hybridized carbons (Fsp3) is 0.833. The number of methoxy groups -OCH3 is 1. The summed E-state index contributed by atoms with van der Waals surface area (Å²) in [6, 6.07) is -0.447. The van der Waals surface area contributed by atoms with Gasteiger partial charge in [0.05, 0.1) is 7.11 Å². The summed E-state index contributed by atoms with van der Waals surface area (Å²) < 4.78 is 43.4. The van der Waals surface area contributed by atoms with Crippen molar-refractivity contribution in [1.82, 2.24) is 0 Å². The third-order valence-corrected chi connectivity index (χ3v) is 1.78. The molecule has 1 atom stereocenters. The molecule has 92 valence electrons. The van der Waals surface area contributed by atoms with Gasteiger partial charge in [0.2, 0.25) is 0 Å². The second-order valence-corrected chi connectivity index (χ2v) is 3.39. The fourth-order valence-electron chi connectivity index (χ4n) is 0.514. The summed E-state index contributed by atoms with van der Waals surface area (Å²) in [6.45, 7) is 0. The van der Waals surface area contributed by atoms with Crippen LogP contribution >= 0.6 is 11.8 Å². The molecule has 2 N–H and O–H groups in total. The molecule has 0 radical (unpaired) electrons. The summed E-state index contributed by atoms with van der Waals surface area (Å²) >= 11 is 1.67. The molecule has 3 nitrogen and oxygen atoms in total. The minimum absolute atomic E-state index is 0.325. The van der Waals surface area contributed by atoms with E-state index in [4.69, 9.17) is 5.73 Å². The van der Waals surface area contributed by atoms with Crippen LogP contribution in [0, 0.1) is 0 Å². The highest BCUT2D eigenvalue weighted by Crippen LogP contribution is 2.06. The van der Waals surface area contributed by atoms with Crippen molar-refractivity contribution in [3.8, 4) is 0 Å². The van der Waals surface area contributed by atoms with Crippen molar-refractivity contribution in [3.63, 3.8) is 0 Å². The smallest absolute Gasteiger partial charge is 0.468 e. The number of halogens is 4. The van der Waals surface area contributed by atoms with Crippen molar-refractivity contribution in [2.24, 2.45) is 5.73 Å². The van der Waals surface area contributed by atoms with Crippen molar-refractivity contribution in [1.29, 1.82) is 0 Å². The predicted octanol–water partition coefficient (Wildman–Crippen LogP) is 1.54. The number of esters is 1. The van der Waals surface area contributed by atoms with Crippen LogP contribution in [0.15, 0.2) is 0 Å². The Morgan fingerprint density at radius 2 is 1.87 bits per heavy atom. The van der Waals surface area contributed by atoms with Gasteiger partial charge in [0.25, 0.3) is 0 Å². The van der Waals surface area contributed by atoms with Gasteiger partial charge in [0.15, 0.2) is 0 Å². The third-order valence-electron chi connectivity index (χ3n) is 1.14. The van der Waals surface area contributed by atoms with Crippen LogP contribution < -0.4 is 5.73 Å². The molecule has 0 aliphatic heterocycles. The summed E-state index contributed by atoms with van der Waals surface area (Å²) in [5.74, 6) is 0.574. The lowest BCUT2D eigenvalue weighted by Crippen LogP contribution is -2.31. The Balaban J connectivity index is 0. The van der Waals surface area contributed by atoms with E-state index in [1.165, 1.54) is 7.11 Å². The zero-order valence-corrected chi connectivity index (χ0v) is 9.20. The molecule has 0 aliphatic rings. The maximum absolute atomic E-state index is 10.7. The first-order valence-electron chi connectivity index (χ1n) is 3.92. The van der Waals surface area contributed by atoms with Gasteiger partial charge in [0.1, 0.15) is 6.04 Å². The molecule has 0 aromatic carbocycles. The summed E-state index contributed by atoms with van der Waals surface area (Å²) in [5, 5.41) is 0. The van der Waals surface area contributed by atoms with Gasteiger partial charge in [-0.15, -0.1) is 0 Å². The highest BCUT2D eigenvalue weighted by molar-refractivity contribution is 7.98. The zero-order chi connectivity index (χ0) is 12.5. The van der Waals surface area contributed by atoms with Crippen molar-refractivity contribution in [2.75, 3.05) is 19.1 Å². The van der Waals surface area contributed by atoms with Crippen LogP contribution in [0.25, 0.3) is 0 Å². The largest absolute Gasteiger partial charge is 0.673 e. The van der Waals surface area contributed by atoms with Crippen LogP contribution in [-0.4, -0.2) is 38.4 Å². The number of hydrogen-bond acceptors (Lipinski definition) is 4. The molecule has 0 saturated carbocycles. The normalized spacial score (nSPS) is 12.5. The molecule has 9 heteroatoms. The molecule has 0 amide bonds. The highest BCUT2D eigenvalue weighted by atomic mass is 32.2. The maximum atomic E-state index is 10.7. The van der Waals surface area contributed by atoms with Crippen LogP contribution in [0.1, 0.15) is 6.42 Å². The maximum Gasteiger partial charge on any atom is 0.673 e. The number of nitrogens with two attached hydrogens (primary N) is 1. The average Bonchev–Trinajstić information content (AvgIpc) is 2.10. The Morgan fingerprint density at radius 3 is 2.13 bits per heavy atom. The minimum atomic E-state index is -6.00. The van der Waals surface area contributed by atoms with E-state index in [2.05, 4.69) is 4.74 Å². The van der Waals surface area contributed by atoms with Gasteiger partial charge in [-0.2, -0.15) is 11.8 Å². The Morgan fingerprint density at radius 1 is 1.47 bits per heavy atom. The summed E-state index contributed by atoms with van der Waals surface area (Å²) in [6.07, 6.45) is 2.66. The van der Waals surface area contributed by atoms with Crippen molar-refractivity contribution in [3.05, 3.63) is 0 Å². The standard InChI is InChI=1S/C6H13NO2S.BF4/c1-9-6(8)5(7)3-4-10-2;2-1(3,4)5/h5H,3-4,7H2,1-2H3;/q;-1. The molecule has 0 spiro atoms. The van der Waals surface area contributed by atoms with Gasteiger partial charge >= 0.3 is 13.2 Å². The first-order chi connectivity index (χ1) is 6.72. The second kappa shape index (κ2) is 8.84. The summed E-state index contributed by atoms with van der Waals surface area (Å²) in [7, 11) is -4.65. The SMILES string of the molecule is COC(=O)C(N)CCSC.F[B-](F)(F)F. The Kier molecular flexibility index (Phi) is 10.0. The van der Waals surface area contributed by atoms with Crippen LogP contribution in [0.2, 0.25) is 0 Å². The van der Waals surface area contributed by atoms with Crippen LogP contribution in [0.4, 0.5) is 17.3 Å². The van der Waals surface area contributed by atoms with Crippen molar-refractivity contribution < 1.29 is 26.8 Å². The van der Waals surface area contributed by atoms with Gasteiger partial charge < -0.3 is 27.7 Å². The molecule has 1 unspecified atom stereocenters. The van der Waals surface area contributed by atoms with Gasteiger partial charge in [-0.1, -0.05) is 0 Å². The summed E-state index contributed by atoms with van der Waals surface area (Å²) in [5.41, 5.74) is 5.43. The Bertz CT molecular complexity index is 175. The average molecular weight is 250 g/mol. The van der Waals surface area contributed by atoms with E-state index in [1.54, 1.807) is 11.8 Å². The van der Waals surface area contributed by atoms with E-state index in [0.717, 1.165) is 5.75 Å². The first-order valence-corrected chi connectivity index (χ1v) is 5.31. The van der Waals surface area contributed by atoms with E-state index >= 15 is 0 Å². The Hall–Kier alpha value is -0.435. The first kappa shape index (κ1) is 17.0. The lowest BCUT2D eigenvalue weighted by Gasteiger charge is -2.06. The van der Waals surface area contributed by atoms with Gasteiger partial charge in [-0.25, -0.2) is 0 Å². The monoisotopic (exact) mass is 250 g/mol. The number of rotatable bonds is 4.